The molecule has 3 aromatic rings. The van der Waals surface area contributed by atoms with Gasteiger partial charge in [0.05, 0.1) is 22.9 Å². The van der Waals surface area contributed by atoms with Crippen LogP contribution in [0.5, 0.6) is 0 Å². The highest BCUT2D eigenvalue weighted by atomic mass is 35.5. The molecule has 0 radical (unpaired) electrons. The predicted octanol–water partition coefficient (Wildman–Crippen LogP) is 5.47. The average molecular weight is 472 g/mol. The van der Waals surface area contributed by atoms with Gasteiger partial charge in [0.2, 0.25) is 0 Å². The molecule has 0 saturated carbocycles. The Kier molecular flexibility index (Phi) is 6.11. The summed E-state index contributed by atoms with van der Waals surface area (Å²) in [4.78, 5) is 37.4. The second-order valence-electron chi connectivity index (χ2n) is 6.95. The van der Waals surface area contributed by atoms with Gasteiger partial charge in [-0.25, -0.2) is 4.39 Å². The van der Waals surface area contributed by atoms with Crippen LogP contribution in [0.25, 0.3) is 6.08 Å². The molecule has 2 aromatic carbocycles. The highest BCUT2D eigenvalue weighted by molar-refractivity contribution is 8.18. The van der Waals surface area contributed by atoms with Gasteiger partial charge in [-0.15, -0.1) is 0 Å². The highest BCUT2D eigenvalue weighted by Crippen LogP contribution is 2.34. The third-order valence-electron chi connectivity index (χ3n) is 4.89. The van der Waals surface area contributed by atoms with Crippen LogP contribution in [0.2, 0.25) is 5.02 Å². The first-order chi connectivity index (χ1) is 15.3. The van der Waals surface area contributed by atoms with Crippen molar-refractivity contribution in [3.63, 3.8) is 0 Å². The Hall–Kier alpha value is -3.43. The van der Waals surface area contributed by atoms with Crippen LogP contribution in [-0.2, 0) is 17.9 Å². The summed E-state index contributed by atoms with van der Waals surface area (Å²) >= 11 is 6.82. The highest BCUT2D eigenvalue weighted by Gasteiger charge is 2.35. The minimum Gasteiger partial charge on any atom is -0.343 e. The molecule has 0 aliphatic carbocycles. The topological polar surface area (TPSA) is 85.5 Å². The minimum atomic E-state index is -0.507. The van der Waals surface area contributed by atoms with E-state index in [4.69, 9.17) is 11.6 Å². The molecule has 2 heterocycles. The van der Waals surface area contributed by atoms with Crippen LogP contribution in [0.4, 0.5) is 14.9 Å². The first-order valence-electron chi connectivity index (χ1n) is 9.40. The van der Waals surface area contributed by atoms with Gasteiger partial charge >= 0.3 is 0 Å². The fraction of sp³-hybridized carbons (Fsp3) is 0.0909. The summed E-state index contributed by atoms with van der Waals surface area (Å²) in [6.45, 7) is 0.156. The minimum absolute atomic E-state index is 0.00338. The molecule has 1 fully saturated rings. The van der Waals surface area contributed by atoms with Crippen molar-refractivity contribution in [2.24, 2.45) is 0 Å². The van der Waals surface area contributed by atoms with E-state index in [1.54, 1.807) is 47.2 Å². The van der Waals surface area contributed by atoms with Crippen molar-refractivity contribution in [1.82, 2.24) is 9.47 Å². The van der Waals surface area contributed by atoms with E-state index in [0.29, 0.717) is 16.8 Å². The number of hydrogen-bond acceptors (Lipinski definition) is 5. The molecule has 10 heteroatoms. The lowest BCUT2D eigenvalue weighted by atomic mass is 10.2. The van der Waals surface area contributed by atoms with Gasteiger partial charge in [0.25, 0.3) is 16.8 Å². The number of benzene rings is 2. The van der Waals surface area contributed by atoms with Gasteiger partial charge in [0.1, 0.15) is 5.82 Å². The maximum absolute atomic E-state index is 13.3. The van der Waals surface area contributed by atoms with Crippen molar-refractivity contribution in [2.45, 2.75) is 13.1 Å². The number of carbonyl (C=O) groups is 2. The largest absolute Gasteiger partial charge is 0.343 e. The summed E-state index contributed by atoms with van der Waals surface area (Å²) in [6, 6.07) is 13.7. The number of hydrogen-bond donors (Lipinski definition) is 0. The van der Waals surface area contributed by atoms with E-state index in [2.05, 4.69) is 0 Å². The van der Waals surface area contributed by atoms with Gasteiger partial charge in [-0.3, -0.25) is 24.6 Å². The molecule has 1 aromatic heterocycles. The number of carbonyl (C=O) groups excluding carboxylic acids is 2. The zero-order chi connectivity index (χ0) is 22.8. The number of thioether (sulfide) groups is 1. The van der Waals surface area contributed by atoms with Crippen molar-refractivity contribution in [1.29, 1.82) is 0 Å². The Bertz CT molecular complexity index is 1270. The maximum Gasteiger partial charge on any atom is 0.293 e. The number of aromatic nitrogens is 1. The molecule has 2 amide bonds. The molecule has 0 unspecified atom stereocenters. The lowest BCUT2D eigenvalue weighted by molar-refractivity contribution is -0.385. The zero-order valence-electron chi connectivity index (χ0n) is 16.4. The van der Waals surface area contributed by atoms with E-state index in [-0.39, 0.29) is 28.7 Å². The van der Waals surface area contributed by atoms with E-state index in [1.165, 1.54) is 18.2 Å². The van der Waals surface area contributed by atoms with Crippen LogP contribution < -0.4 is 0 Å². The zero-order valence-corrected chi connectivity index (χ0v) is 18.0. The molecule has 32 heavy (non-hydrogen) atoms. The number of para-hydroxylation sites is 1. The number of nitrogens with zero attached hydrogens (tertiary/aromatic N) is 3. The van der Waals surface area contributed by atoms with Crippen molar-refractivity contribution >= 4 is 46.3 Å². The van der Waals surface area contributed by atoms with Crippen molar-refractivity contribution in [3.05, 3.63) is 103 Å². The first-order valence-corrected chi connectivity index (χ1v) is 10.6. The number of halogens is 2. The summed E-state index contributed by atoms with van der Waals surface area (Å²) in [7, 11) is 0. The van der Waals surface area contributed by atoms with Crippen molar-refractivity contribution in [3.8, 4) is 0 Å². The van der Waals surface area contributed by atoms with Crippen LogP contribution in [0.1, 0.15) is 16.8 Å². The Morgan fingerprint density at radius 3 is 2.59 bits per heavy atom. The normalized spacial score (nSPS) is 15.1. The fourth-order valence-electron chi connectivity index (χ4n) is 3.30. The van der Waals surface area contributed by atoms with Crippen LogP contribution in [0.15, 0.2) is 65.7 Å². The Morgan fingerprint density at radius 1 is 1.06 bits per heavy atom. The van der Waals surface area contributed by atoms with Gasteiger partial charge in [-0.2, -0.15) is 0 Å². The van der Waals surface area contributed by atoms with E-state index in [1.807, 2.05) is 0 Å². The lowest BCUT2D eigenvalue weighted by Gasteiger charge is -2.13. The smallest absolute Gasteiger partial charge is 0.293 e. The second kappa shape index (κ2) is 8.97. The Balaban J connectivity index is 1.57. The summed E-state index contributed by atoms with van der Waals surface area (Å²) in [5, 5.41) is 11.0. The number of nitro benzene ring substituents is 1. The Labute approximate surface area is 191 Å². The SMILES string of the molecule is O=C1S/C(=C\c2cccn2Cc2ccccc2[N+](=O)[O-])C(=O)N1Cc1ccc(F)cc1Cl. The molecule has 1 saturated heterocycles. The predicted molar refractivity (Wildman–Crippen MR) is 120 cm³/mol. The van der Waals surface area contributed by atoms with Crippen molar-refractivity contribution in [2.75, 3.05) is 0 Å². The molecule has 0 N–H and O–H groups in total. The molecule has 4 rings (SSSR count). The molecule has 1 aliphatic heterocycles. The van der Waals surface area contributed by atoms with E-state index in [9.17, 15) is 24.1 Å². The third-order valence-corrected chi connectivity index (χ3v) is 6.15. The number of imide groups is 1. The number of amides is 2. The van der Waals surface area contributed by atoms with Gasteiger partial charge in [-0.1, -0.05) is 35.9 Å². The Morgan fingerprint density at radius 2 is 1.84 bits per heavy atom. The number of rotatable bonds is 6. The molecule has 0 atom stereocenters. The average Bonchev–Trinajstić information content (AvgIpc) is 3.29. The monoisotopic (exact) mass is 471 g/mol. The summed E-state index contributed by atoms with van der Waals surface area (Å²) < 4.78 is 15.0. The molecule has 0 spiro atoms. The van der Waals surface area contributed by atoms with E-state index < -0.39 is 21.9 Å². The summed E-state index contributed by atoms with van der Waals surface area (Å²) in [6.07, 6.45) is 3.32. The summed E-state index contributed by atoms with van der Waals surface area (Å²) in [5.74, 6) is -0.994. The second-order valence-corrected chi connectivity index (χ2v) is 8.35. The van der Waals surface area contributed by atoms with Crippen LogP contribution in [0.3, 0.4) is 0 Å². The van der Waals surface area contributed by atoms with E-state index in [0.717, 1.165) is 22.7 Å². The lowest BCUT2D eigenvalue weighted by Crippen LogP contribution is -2.27. The van der Waals surface area contributed by atoms with Gasteiger partial charge in [0, 0.05) is 28.5 Å². The molecule has 7 nitrogen and oxygen atoms in total. The van der Waals surface area contributed by atoms with Gasteiger partial charge < -0.3 is 4.57 Å². The van der Waals surface area contributed by atoms with Crippen LogP contribution >= 0.6 is 23.4 Å². The van der Waals surface area contributed by atoms with Crippen molar-refractivity contribution < 1.29 is 18.9 Å². The summed E-state index contributed by atoms with van der Waals surface area (Å²) in [5.41, 5.74) is 1.59. The van der Waals surface area contributed by atoms with Gasteiger partial charge in [-0.05, 0) is 47.7 Å². The van der Waals surface area contributed by atoms with Gasteiger partial charge in [0.15, 0.2) is 0 Å². The van der Waals surface area contributed by atoms with Crippen LogP contribution in [0, 0.1) is 15.9 Å². The molecular formula is C22H15ClFN3O4S. The number of nitro groups is 1. The molecule has 162 valence electrons. The third kappa shape index (κ3) is 4.44. The molecule has 1 aliphatic rings. The fourth-order valence-corrected chi connectivity index (χ4v) is 4.35. The molecular weight excluding hydrogens is 457 g/mol. The quantitative estimate of drug-likeness (QED) is 0.270. The molecule has 0 bridgehead atoms. The van der Waals surface area contributed by atoms with Crippen LogP contribution in [-0.4, -0.2) is 25.5 Å². The van der Waals surface area contributed by atoms with E-state index >= 15 is 0 Å². The standard InChI is InChI=1S/C22H15ClFN3O4S/c23-18-10-16(24)8-7-14(18)13-26-21(28)20(32-22(26)29)11-17-5-3-9-25(17)12-15-4-1-2-6-19(15)27(30)31/h1-11H,12-13H2/b20-11-. The maximum atomic E-state index is 13.3. The first kappa shape index (κ1) is 21.8.